The van der Waals surface area contributed by atoms with E-state index in [1.807, 2.05) is 0 Å². The van der Waals surface area contributed by atoms with E-state index in [9.17, 15) is 0 Å². The first kappa shape index (κ1) is 20.3. The van der Waals surface area contributed by atoms with Crippen LogP contribution >= 0.6 is 0 Å². The number of rotatable bonds is 4. The molecule has 3 aromatic rings. The van der Waals surface area contributed by atoms with Crippen molar-refractivity contribution in [1.29, 1.82) is 0 Å². The molecule has 0 atom stereocenters. The molecule has 3 nitrogen and oxygen atoms in total. The van der Waals surface area contributed by atoms with Gasteiger partial charge in [0.1, 0.15) is 0 Å². The van der Waals surface area contributed by atoms with Crippen molar-refractivity contribution >= 4 is 17.0 Å². The monoisotopic (exact) mass is 427 g/mol. The van der Waals surface area contributed by atoms with Gasteiger partial charge in [0.05, 0.1) is 11.0 Å². The van der Waals surface area contributed by atoms with Crippen molar-refractivity contribution in [1.82, 2.24) is 9.55 Å². The molecule has 0 unspecified atom stereocenters. The Morgan fingerprint density at radius 1 is 0.938 bits per heavy atom. The van der Waals surface area contributed by atoms with Gasteiger partial charge in [-0.2, -0.15) is 0 Å². The minimum atomic E-state index is 0.263. The Morgan fingerprint density at radius 3 is 2.09 bits per heavy atom. The number of anilines is 1. The number of nitrogens with zero attached hydrogens (tertiary/aromatic N) is 2. The molecule has 4 aliphatic carbocycles. The van der Waals surface area contributed by atoms with E-state index >= 15 is 0 Å². The number of benzene rings is 2. The quantitative estimate of drug-likeness (QED) is 0.465. The van der Waals surface area contributed by atoms with Gasteiger partial charge in [0.25, 0.3) is 0 Å². The molecule has 168 valence electrons. The Balaban J connectivity index is 1.49. The second-order valence-corrected chi connectivity index (χ2v) is 11.7. The fraction of sp³-hybridized carbons (Fsp3) is 0.552. The van der Waals surface area contributed by atoms with Crippen LogP contribution in [0.15, 0.2) is 30.3 Å². The summed E-state index contributed by atoms with van der Waals surface area (Å²) >= 11 is 0. The fourth-order valence-electron chi connectivity index (χ4n) is 8.04. The van der Waals surface area contributed by atoms with E-state index in [1.54, 1.807) is 0 Å². The van der Waals surface area contributed by atoms with Crippen LogP contribution < -0.4 is 5.32 Å². The zero-order valence-electron chi connectivity index (χ0n) is 20.3. The van der Waals surface area contributed by atoms with Crippen molar-refractivity contribution in [2.75, 3.05) is 5.32 Å². The Kier molecular flexibility index (Phi) is 4.51. The number of para-hydroxylation sites is 1. The standard InChI is InChI=1S/C29H37N3/c1-17(2)32-25-8-6-7-24(26-19(4)9-18(3)10-20(26)5)27(25)30-28(32)31-29-14-21-11-22(15-29)13-23(12-21)16-29/h6-10,17,21-23H,11-16H2,1-5H3,(H,30,31). The first-order chi connectivity index (χ1) is 15.3. The summed E-state index contributed by atoms with van der Waals surface area (Å²) in [6.07, 6.45) is 8.42. The summed E-state index contributed by atoms with van der Waals surface area (Å²) in [7, 11) is 0. The summed E-state index contributed by atoms with van der Waals surface area (Å²) < 4.78 is 2.45. The fourth-order valence-corrected chi connectivity index (χ4v) is 8.04. The normalized spacial score (nSPS) is 28.8. The van der Waals surface area contributed by atoms with Crippen LogP contribution in [0.2, 0.25) is 0 Å². The lowest BCUT2D eigenvalue weighted by molar-refractivity contribution is 0.0102. The molecule has 1 heterocycles. The lowest BCUT2D eigenvalue weighted by atomic mass is 9.53. The highest BCUT2D eigenvalue weighted by molar-refractivity contribution is 5.95. The van der Waals surface area contributed by atoms with E-state index in [0.717, 1.165) is 29.2 Å². The Labute approximate surface area is 192 Å². The number of aromatic nitrogens is 2. The molecule has 0 amide bonds. The van der Waals surface area contributed by atoms with Crippen molar-refractivity contribution in [3.63, 3.8) is 0 Å². The maximum absolute atomic E-state index is 5.34. The van der Waals surface area contributed by atoms with Gasteiger partial charge in [0.2, 0.25) is 5.95 Å². The second kappa shape index (κ2) is 7.10. The molecule has 2 aromatic carbocycles. The van der Waals surface area contributed by atoms with Gasteiger partial charge in [-0.15, -0.1) is 0 Å². The number of hydrogen-bond acceptors (Lipinski definition) is 2. The molecule has 3 heteroatoms. The minimum absolute atomic E-state index is 0.263. The number of hydrogen-bond donors (Lipinski definition) is 1. The van der Waals surface area contributed by atoms with E-state index in [1.165, 1.54) is 71.9 Å². The topological polar surface area (TPSA) is 29.9 Å². The molecule has 4 fully saturated rings. The first-order valence-corrected chi connectivity index (χ1v) is 12.7. The maximum Gasteiger partial charge on any atom is 0.204 e. The van der Waals surface area contributed by atoms with Crippen LogP contribution in [0.3, 0.4) is 0 Å². The summed E-state index contributed by atoms with van der Waals surface area (Å²) in [5, 5.41) is 4.09. The van der Waals surface area contributed by atoms with Crippen molar-refractivity contribution in [2.24, 2.45) is 17.8 Å². The molecule has 0 saturated heterocycles. The summed E-state index contributed by atoms with van der Waals surface area (Å²) in [5.41, 5.74) is 9.27. The molecule has 4 saturated carbocycles. The first-order valence-electron chi connectivity index (χ1n) is 12.7. The Bertz CT molecular complexity index is 1140. The van der Waals surface area contributed by atoms with Crippen LogP contribution in [-0.4, -0.2) is 15.1 Å². The minimum Gasteiger partial charge on any atom is -0.350 e. The van der Waals surface area contributed by atoms with Crippen LogP contribution in [0.25, 0.3) is 22.2 Å². The SMILES string of the molecule is Cc1cc(C)c(-c2cccc3c2nc(NC24CC5CC(CC(C5)C2)C4)n3C(C)C)c(C)c1. The molecular formula is C29H37N3. The van der Waals surface area contributed by atoms with Crippen LogP contribution in [0, 0.1) is 38.5 Å². The number of nitrogens with one attached hydrogen (secondary N) is 1. The third-order valence-corrected chi connectivity index (χ3v) is 8.60. The molecule has 32 heavy (non-hydrogen) atoms. The summed E-state index contributed by atoms with van der Waals surface area (Å²) in [5.74, 6) is 3.88. The predicted molar refractivity (Wildman–Crippen MR) is 134 cm³/mol. The van der Waals surface area contributed by atoms with Crippen molar-refractivity contribution in [3.8, 4) is 11.1 Å². The van der Waals surface area contributed by atoms with Gasteiger partial charge < -0.3 is 9.88 Å². The molecule has 1 N–H and O–H groups in total. The van der Waals surface area contributed by atoms with Crippen molar-refractivity contribution in [3.05, 3.63) is 47.0 Å². The summed E-state index contributed by atoms with van der Waals surface area (Å²) in [6, 6.07) is 11.7. The van der Waals surface area contributed by atoms with E-state index in [-0.39, 0.29) is 5.54 Å². The predicted octanol–water partition coefficient (Wildman–Crippen LogP) is 7.59. The summed E-state index contributed by atoms with van der Waals surface area (Å²) in [6.45, 7) is 11.2. The van der Waals surface area contributed by atoms with Gasteiger partial charge >= 0.3 is 0 Å². The van der Waals surface area contributed by atoms with Crippen molar-refractivity contribution in [2.45, 2.75) is 84.7 Å². The van der Waals surface area contributed by atoms with Gasteiger partial charge in [-0.25, -0.2) is 4.98 Å². The highest BCUT2D eigenvalue weighted by Gasteiger charge is 2.51. The van der Waals surface area contributed by atoms with Crippen LogP contribution in [-0.2, 0) is 0 Å². The number of aryl methyl sites for hydroxylation is 3. The second-order valence-electron chi connectivity index (χ2n) is 11.7. The van der Waals surface area contributed by atoms with E-state index in [0.29, 0.717) is 6.04 Å². The van der Waals surface area contributed by atoms with Gasteiger partial charge in [0.15, 0.2) is 0 Å². The number of fused-ring (bicyclic) bond motifs is 1. The van der Waals surface area contributed by atoms with E-state index in [4.69, 9.17) is 4.98 Å². The highest BCUT2D eigenvalue weighted by Crippen LogP contribution is 2.56. The Hall–Kier alpha value is -2.29. The summed E-state index contributed by atoms with van der Waals surface area (Å²) in [4.78, 5) is 5.34. The molecule has 4 bridgehead atoms. The van der Waals surface area contributed by atoms with Crippen molar-refractivity contribution < 1.29 is 0 Å². The number of imidazole rings is 1. The third-order valence-electron chi connectivity index (χ3n) is 8.60. The third kappa shape index (κ3) is 3.11. The molecule has 0 spiro atoms. The van der Waals surface area contributed by atoms with Gasteiger partial charge in [-0.1, -0.05) is 29.8 Å². The maximum atomic E-state index is 5.34. The lowest BCUT2D eigenvalue weighted by Crippen LogP contribution is -2.55. The van der Waals surface area contributed by atoms with Gasteiger partial charge in [-0.3, -0.25) is 0 Å². The lowest BCUT2D eigenvalue weighted by Gasteiger charge is -2.57. The molecule has 0 radical (unpaired) electrons. The largest absolute Gasteiger partial charge is 0.350 e. The zero-order valence-corrected chi connectivity index (χ0v) is 20.3. The average molecular weight is 428 g/mol. The van der Waals surface area contributed by atoms with E-state index in [2.05, 4.69) is 74.8 Å². The zero-order chi connectivity index (χ0) is 22.2. The van der Waals surface area contributed by atoms with Gasteiger partial charge in [-0.05, 0) is 114 Å². The van der Waals surface area contributed by atoms with E-state index < -0.39 is 0 Å². The molecule has 7 rings (SSSR count). The smallest absolute Gasteiger partial charge is 0.204 e. The molecule has 4 aliphatic rings. The Morgan fingerprint density at radius 2 is 1.53 bits per heavy atom. The highest BCUT2D eigenvalue weighted by atomic mass is 15.2. The average Bonchev–Trinajstić information content (AvgIpc) is 3.04. The van der Waals surface area contributed by atoms with Gasteiger partial charge in [0, 0.05) is 17.1 Å². The van der Waals surface area contributed by atoms with Crippen LogP contribution in [0.5, 0.6) is 0 Å². The molecular weight excluding hydrogens is 390 g/mol. The molecule has 1 aromatic heterocycles. The van der Waals surface area contributed by atoms with Crippen LogP contribution in [0.1, 0.15) is 75.1 Å². The van der Waals surface area contributed by atoms with Crippen LogP contribution in [0.4, 0.5) is 5.95 Å². The molecule has 0 aliphatic heterocycles.